The highest BCUT2D eigenvalue weighted by Gasteiger charge is 2.20. The molecule has 0 saturated carbocycles. The molecular weight excluding hydrogens is 641 g/mol. The first-order valence-corrected chi connectivity index (χ1v) is 17.1. The number of rotatable bonds is 6. The minimum Gasteiger partial charge on any atom is -0.456 e. The highest BCUT2D eigenvalue weighted by atomic mass is 16.4. The summed E-state index contributed by atoms with van der Waals surface area (Å²) < 4.78 is 12.6. The van der Waals surface area contributed by atoms with Gasteiger partial charge in [0.1, 0.15) is 16.7 Å². The normalized spacial score (nSPS) is 11.5. The summed E-state index contributed by atoms with van der Waals surface area (Å²) in [6, 6.07) is 57.3. The van der Waals surface area contributed by atoms with Gasteiger partial charge in [0.05, 0.1) is 0 Å². The highest BCUT2D eigenvalue weighted by molar-refractivity contribution is 6.14. The number of hydrogen-bond acceptors (Lipinski definition) is 6. The Bertz CT molecular complexity index is 2860. The molecule has 0 aliphatic rings. The largest absolute Gasteiger partial charge is 0.456 e. The van der Waals surface area contributed by atoms with Crippen molar-refractivity contribution in [1.82, 2.24) is 19.9 Å². The van der Waals surface area contributed by atoms with Gasteiger partial charge in [0, 0.05) is 39.1 Å². The predicted molar refractivity (Wildman–Crippen MR) is 207 cm³/mol. The molecule has 3 heterocycles. The van der Waals surface area contributed by atoms with E-state index in [1.165, 1.54) is 11.1 Å². The Kier molecular flexibility index (Phi) is 7.03. The van der Waals surface area contributed by atoms with Crippen LogP contribution >= 0.6 is 0 Å². The molecule has 3 aromatic heterocycles. The molecule has 6 nitrogen and oxygen atoms in total. The van der Waals surface area contributed by atoms with Crippen molar-refractivity contribution in [2.75, 3.05) is 0 Å². The molecule has 52 heavy (non-hydrogen) atoms. The van der Waals surface area contributed by atoms with Crippen molar-refractivity contribution < 1.29 is 8.83 Å². The van der Waals surface area contributed by atoms with E-state index in [2.05, 4.69) is 72.8 Å². The van der Waals surface area contributed by atoms with Gasteiger partial charge >= 0.3 is 0 Å². The number of fused-ring (bicyclic) bond motifs is 4. The van der Waals surface area contributed by atoms with E-state index in [1.807, 2.05) is 97.1 Å². The first-order valence-electron chi connectivity index (χ1n) is 17.1. The Morgan fingerprint density at radius 3 is 1.44 bits per heavy atom. The molecule has 0 bridgehead atoms. The Balaban J connectivity index is 1.07. The van der Waals surface area contributed by atoms with Crippen molar-refractivity contribution in [1.29, 1.82) is 0 Å². The molecule has 0 saturated heterocycles. The molecule has 0 fully saturated rings. The molecule has 0 radical (unpaired) electrons. The molecule has 0 N–H and O–H groups in total. The lowest BCUT2D eigenvalue weighted by molar-refractivity contribution is 0.617. The van der Waals surface area contributed by atoms with Crippen LogP contribution in [0.5, 0.6) is 0 Å². The number of nitrogens with zero attached hydrogens (tertiary/aromatic N) is 4. The van der Waals surface area contributed by atoms with Crippen LogP contribution in [0.3, 0.4) is 0 Å². The van der Waals surface area contributed by atoms with E-state index in [0.29, 0.717) is 34.5 Å². The van der Waals surface area contributed by atoms with E-state index in [9.17, 15) is 0 Å². The van der Waals surface area contributed by atoms with Crippen molar-refractivity contribution in [3.8, 4) is 67.9 Å². The lowest BCUT2D eigenvalue weighted by atomic mass is 9.99. The van der Waals surface area contributed by atoms with E-state index in [4.69, 9.17) is 28.8 Å². The topological polar surface area (TPSA) is 77.8 Å². The Morgan fingerprint density at radius 2 is 0.827 bits per heavy atom. The van der Waals surface area contributed by atoms with Crippen LogP contribution in [-0.2, 0) is 0 Å². The van der Waals surface area contributed by atoms with Gasteiger partial charge in [-0.15, -0.1) is 0 Å². The minimum atomic E-state index is 0.558. The van der Waals surface area contributed by atoms with E-state index in [-0.39, 0.29) is 0 Å². The van der Waals surface area contributed by atoms with Crippen LogP contribution in [0.2, 0.25) is 0 Å². The fraction of sp³-hybridized carbons (Fsp3) is 0. The van der Waals surface area contributed by atoms with Crippen LogP contribution in [0, 0.1) is 0 Å². The van der Waals surface area contributed by atoms with Crippen molar-refractivity contribution in [2.45, 2.75) is 0 Å². The molecule has 0 spiro atoms. The van der Waals surface area contributed by atoms with Crippen molar-refractivity contribution in [3.63, 3.8) is 0 Å². The van der Waals surface area contributed by atoms with Crippen LogP contribution in [0.4, 0.5) is 0 Å². The summed E-state index contributed by atoms with van der Waals surface area (Å²) in [5.41, 5.74) is 11.1. The molecule has 0 aliphatic heterocycles. The van der Waals surface area contributed by atoms with Gasteiger partial charge in [-0.25, -0.2) is 19.9 Å². The second-order valence-corrected chi connectivity index (χ2v) is 12.7. The second-order valence-electron chi connectivity index (χ2n) is 12.7. The van der Waals surface area contributed by atoms with Gasteiger partial charge in [0.2, 0.25) is 5.89 Å². The number of hydrogen-bond donors (Lipinski definition) is 0. The fourth-order valence-corrected chi connectivity index (χ4v) is 6.78. The summed E-state index contributed by atoms with van der Waals surface area (Å²) in [6.45, 7) is 0. The van der Waals surface area contributed by atoms with Gasteiger partial charge in [0.15, 0.2) is 23.1 Å². The zero-order chi connectivity index (χ0) is 34.4. The van der Waals surface area contributed by atoms with Gasteiger partial charge < -0.3 is 8.83 Å². The third-order valence-corrected chi connectivity index (χ3v) is 9.40. The molecule has 6 heteroatoms. The van der Waals surface area contributed by atoms with Crippen molar-refractivity contribution in [3.05, 3.63) is 170 Å². The lowest BCUT2D eigenvalue weighted by Gasteiger charge is -2.10. The monoisotopic (exact) mass is 668 g/mol. The average molecular weight is 669 g/mol. The fourth-order valence-electron chi connectivity index (χ4n) is 6.78. The Hall–Kier alpha value is -7.18. The average Bonchev–Trinajstić information content (AvgIpc) is 3.81. The first kappa shape index (κ1) is 29.7. The second kappa shape index (κ2) is 12.3. The Morgan fingerprint density at radius 1 is 0.327 bits per heavy atom. The molecular formula is C46H28N4O2. The van der Waals surface area contributed by atoms with Crippen LogP contribution in [0.1, 0.15) is 0 Å². The molecule has 7 aromatic carbocycles. The number of benzene rings is 7. The van der Waals surface area contributed by atoms with Crippen LogP contribution in [-0.4, -0.2) is 19.9 Å². The molecule has 0 amide bonds. The zero-order valence-corrected chi connectivity index (χ0v) is 27.8. The zero-order valence-electron chi connectivity index (χ0n) is 27.8. The molecule has 244 valence electrons. The predicted octanol–water partition coefficient (Wildman–Crippen LogP) is 11.9. The maximum absolute atomic E-state index is 6.40. The first-order chi connectivity index (χ1) is 25.7. The summed E-state index contributed by atoms with van der Waals surface area (Å²) in [5, 5.41) is 1.82. The van der Waals surface area contributed by atoms with E-state index in [0.717, 1.165) is 55.3 Å². The third-order valence-electron chi connectivity index (χ3n) is 9.40. The van der Waals surface area contributed by atoms with Crippen LogP contribution < -0.4 is 0 Å². The van der Waals surface area contributed by atoms with Crippen molar-refractivity contribution in [2.24, 2.45) is 0 Å². The van der Waals surface area contributed by atoms with Gasteiger partial charge in [0.25, 0.3) is 0 Å². The summed E-state index contributed by atoms with van der Waals surface area (Å²) in [4.78, 5) is 19.9. The van der Waals surface area contributed by atoms with E-state index < -0.39 is 0 Å². The molecule has 10 aromatic rings. The van der Waals surface area contributed by atoms with Gasteiger partial charge in [-0.2, -0.15) is 0 Å². The highest BCUT2D eigenvalue weighted by Crippen LogP contribution is 2.39. The van der Waals surface area contributed by atoms with Gasteiger partial charge in [-0.05, 0) is 46.5 Å². The SMILES string of the molecule is c1ccc(-c2ccc(-c3ccc(-c4nc(-c5ccccc5)nc(-c5cccc6oc7cc8oc(-c9ccccc9)nc8cc7c56)n4)cc3)cc2)cc1. The quantitative estimate of drug-likeness (QED) is 0.175. The maximum Gasteiger partial charge on any atom is 0.227 e. The van der Waals surface area contributed by atoms with E-state index >= 15 is 0 Å². The van der Waals surface area contributed by atoms with E-state index in [1.54, 1.807) is 0 Å². The number of oxazole rings is 1. The lowest BCUT2D eigenvalue weighted by Crippen LogP contribution is -2.00. The Labute approximate surface area is 298 Å². The van der Waals surface area contributed by atoms with Gasteiger partial charge in [-0.1, -0.05) is 140 Å². The summed E-state index contributed by atoms with van der Waals surface area (Å²) >= 11 is 0. The van der Waals surface area contributed by atoms with Gasteiger partial charge in [-0.3, -0.25) is 0 Å². The molecule has 0 aliphatic carbocycles. The third kappa shape index (κ3) is 5.30. The van der Waals surface area contributed by atoms with Crippen LogP contribution in [0.25, 0.3) is 101 Å². The summed E-state index contributed by atoms with van der Waals surface area (Å²) in [5.74, 6) is 2.31. The maximum atomic E-state index is 6.40. The van der Waals surface area contributed by atoms with Crippen molar-refractivity contribution >= 4 is 33.0 Å². The molecule has 0 atom stereocenters. The number of aromatic nitrogens is 4. The smallest absolute Gasteiger partial charge is 0.227 e. The molecule has 0 unspecified atom stereocenters. The minimum absolute atomic E-state index is 0.558. The summed E-state index contributed by atoms with van der Waals surface area (Å²) in [7, 11) is 0. The van der Waals surface area contributed by atoms with Crippen LogP contribution in [0.15, 0.2) is 179 Å². The number of furan rings is 1. The molecule has 10 rings (SSSR count). The summed E-state index contributed by atoms with van der Waals surface area (Å²) in [6.07, 6.45) is 0. The standard InChI is InChI=1S/C46H28N4O2/c1-4-11-29(12-5-1)30-19-21-31(22-20-30)32-23-25-34(26-24-32)44-48-43(33-13-6-2-7-14-33)49-45(50-44)36-17-10-18-39-42(36)37-27-38-41(28-40(37)51-39)52-46(47-38)35-15-8-3-9-16-35/h1-28H.